The molecule has 0 aromatic heterocycles. The molecule has 2 nitrogen and oxygen atoms in total. The highest BCUT2D eigenvalue weighted by atomic mass is 19.1. The van der Waals surface area contributed by atoms with Crippen LogP contribution in [0.5, 0.6) is 0 Å². The third-order valence-corrected chi connectivity index (χ3v) is 3.66. The maximum absolute atomic E-state index is 13.6. The van der Waals surface area contributed by atoms with E-state index in [1.54, 1.807) is 6.07 Å². The van der Waals surface area contributed by atoms with Gasteiger partial charge in [-0.25, -0.2) is 4.39 Å². The third-order valence-electron chi connectivity index (χ3n) is 3.66. The summed E-state index contributed by atoms with van der Waals surface area (Å²) in [6, 6.07) is 5.74. The number of rotatable bonds is 3. The van der Waals surface area contributed by atoms with Crippen LogP contribution >= 0.6 is 0 Å². The lowest BCUT2D eigenvalue weighted by Crippen LogP contribution is -2.40. The van der Waals surface area contributed by atoms with Crippen LogP contribution in [-0.2, 0) is 0 Å². The van der Waals surface area contributed by atoms with E-state index in [2.05, 4.69) is 17.3 Å². The Balaban J connectivity index is 1.97. The van der Waals surface area contributed by atoms with Crippen molar-refractivity contribution in [1.29, 1.82) is 0 Å². The Hall–Kier alpha value is -1.09. The topological polar surface area (TPSA) is 15.3 Å². The molecular formula is C14H21FN2. The number of hydrogen-bond donors (Lipinski definition) is 1. The van der Waals surface area contributed by atoms with E-state index in [0.29, 0.717) is 11.7 Å². The van der Waals surface area contributed by atoms with Gasteiger partial charge in [0.25, 0.3) is 0 Å². The number of nitrogens with zero attached hydrogens (tertiary/aromatic N) is 1. The number of anilines is 1. The molecule has 1 atom stereocenters. The first-order valence-electron chi connectivity index (χ1n) is 6.37. The van der Waals surface area contributed by atoms with Crippen molar-refractivity contribution in [1.82, 2.24) is 4.90 Å². The summed E-state index contributed by atoms with van der Waals surface area (Å²) in [7, 11) is 2.15. The first kappa shape index (κ1) is 12.4. The van der Waals surface area contributed by atoms with Gasteiger partial charge in [0.05, 0.1) is 5.69 Å². The second kappa shape index (κ2) is 5.50. The fourth-order valence-corrected chi connectivity index (χ4v) is 2.48. The molecule has 1 aromatic rings. The van der Waals surface area contributed by atoms with Crippen LogP contribution < -0.4 is 5.32 Å². The third kappa shape index (κ3) is 2.97. The van der Waals surface area contributed by atoms with E-state index in [1.165, 1.54) is 25.3 Å². The molecule has 1 fully saturated rings. The number of aryl methyl sites for hydroxylation is 1. The highest BCUT2D eigenvalue weighted by Gasteiger charge is 2.18. The first-order valence-corrected chi connectivity index (χ1v) is 6.37. The largest absolute Gasteiger partial charge is 0.381 e. The zero-order chi connectivity index (χ0) is 12.3. The second-order valence-electron chi connectivity index (χ2n) is 4.94. The Kier molecular flexibility index (Phi) is 4.00. The lowest BCUT2D eigenvalue weighted by atomic mass is 10.0. The van der Waals surface area contributed by atoms with Gasteiger partial charge in [-0.2, -0.15) is 0 Å². The van der Waals surface area contributed by atoms with Crippen LogP contribution in [0.4, 0.5) is 10.1 Å². The Morgan fingerprint density at radius 2 is 2.24 bits per heavy atom. The number of benzene rings is 1. The minimum absolute atomic E-state index is 0.150. The molecule has 1 aliphatic rings. The van der Waals surface area contributed by atoms with Crippen molar-refractivity contribution in [3.8, 4) is 0 Å². The standard InChI is InChI=1S/C14H21FN2/c1-11-6-5-8-13(15)14(11)16-10-12-7-3-4-9-17(12)2/h5-6,8,12,16H,3-4,7,9-10H2,1-2H3. The summed E-state index contributed by atoms with van der Waals surface area (Å²) in [5.41, 5.74) is 1.63. The van der Waals surface area contributed by atoms with Crippen LogP contribution in [-0.4, -0.2) is 31.1 Å². The minimum Gasteiger partial charge on any atom is -0.381 e. The molecule has 1 heterocycles. The van der Waals surface area contributed by atoms with E-state index >= 15 is 0 Å². The monoisotopic (exact) mass is 236 g/mol. The predicted octanol–water partition coefficient (Wildman–Crippen LogP) is 3.03. The molecule has 1 aliphatic heterocycles. The molecule has 1 N–H and O–H groups in total. The second-order valence-corrected chi connectivity index (χ2v) is 4.94. The van der Waals surface area contributed by atoms with E-state index in [0.717, 1.165) is 18.7 Å². The normalized spacial score (nSPS) is 21.5. The van der Waals surface area contributed by atoms with Gasteiger partial charge in [-0.1, -0.05) is 18.6 Å². The lowest BCUT2D eigenvalue weighted by Gasteiger charge is -2.32. The summed E-state index contributed by atoms with van der Waals surface area (Å²) in [5, 5.41) is 3.26. The van der Waals surface area contributed by atoms with Crippen molar-refractivity contribution in [2.75, 3.05) is 25.5 Å². The van der Waals surface area contributed by atoms with Crippen LogP contribution in [0.2, 0.25) is 0 Å². The molecule has 1 saturated heterocycles. The zero-order valence-corrected chi connectivity index (χ0v) is 10.7. The van der Waals surface area contributed by atoms with Gasteiger partial charge in [0, 0.05) is 12.6 Å². The average molecular weight is 236 g/mol. The fourth-order valence-electron chi connectivity index (χ4n) is 2.48. The van der Waals surface area contributed by atoms with Crippen molar-refractivity contribution in [3.05, 3.63) is 29.6 Å². The molecule has 17 heavy (non-hydrogen) atoms. The molecule has 0 radical (unpaired) electrons. The Morgan fingerprint density at radius 1 is 1.41 bits per heavy atom. The van der Waals surface area contributed by atoms with Crippen molar-refractivity contribution < 1.29 is 4.39 Å². The van der Waals surface area contributed by atoms with E-state index in [-0.39, 0.29) is 5.82 Å². The smallest absolute Gasteiger partial charge is 0.146 e. The maximum atomic E-state index is 13.6. The Labute approximate surface area is 103 Å². The number of piperidine rings is 1. The van der Waals surface area contributed by atoms with E-state index in [1.807, 2.05) is 13.0 Å². The van der Waals surface area contributed by atoms with Crippen molar-refractivity contribution in [2.45, 2.75) is 32.2 Å². The van der Waals surface area contributed by atoms with Gasteiger partial charge in [0.15, 0.2) is 0 Å². The minimum atomic E-state index is -0.150. The van der Waals surface area contributed by atoms with Crippen LogP contribution in [0.3, 0.4) is 0 Å². The molecule has 1 unspecified atom stereocenters. The Bertz CT molecular complexity index is 358. The molecule has 94 valence electrons. The molecule has 0 aliphatic carbocycles. The summed E-state index contributed by atoms with van der Waals surface area (Å²) in [5.74, 6) is -0.150. The number of likely N-dealkylation sites (N-methyl/N-ethyl adjacent to an activating group) is 1. The maximum Gasteiger partial charge on any atom is 0.146 e. The van der Waals surface area contributed by atoms with Crippen molar-refractivity contribution >= 4 is 5.69 Å². The SMILES string of the molecule is Cc1cccc(F)c1NCC1CCCCN1C. The molecular weight excluding hydrogens is 215 g/mol. The Morgan fingerprint density at radius 3 is 2.94 bits per heavy atom. The quantitative estimate of drug-likeness (QED) is 0.867. The van der Waals surface area contributed by atoms with Crippen LogP contribution in [0, 0.1) is 12.7 Å². The van der Waals surface area contributed by atoms with Gasteiger partial charge in [0.1, 0.15) is 5.82 Å². The van der Waals surface area contributed by atoms with E-state index < -0.39 is 0 Å². The van der Waals surface area contributed by atoms with Gasteiger partial charge in [-0.15, -0.1) is 0 Å². The van der Waals surface area contributed by atoms with Crippen LogP contribution in [0.25, 0.3) is 0 Å². The van der Waals surface area contributed by atoms with Crippen molar-refractivity contribution in [2.24, 2.45) is 0 Å². The lowest BCUT2D eigenvalue weighted by molar-refractivity contribution is 0.194. The number of para-hydroxylation sites is 1. The van der Waals surface area contributed by atoms with E-state index in [9.17, 15) is 4.39 Å². The molecule has 2 rings (SSSR count). The summed E-state index contributed by atoms with van der Waals surface area (Å²) >= 11 is 0. The number of halogens is 1. The zero-order valence-electron chi connectivity index (χ0n) is 10.7. The summed E-state index contributed by atoms with van der Waals surface area (Å²) < 4.78 is 13.6. The van der Waals surface area contributed by atoms with Crippen LogP contribution in [0.1, 0.15) is 24.8 Å². The first-order chi connectivity index (χ1) is 8.18. The van der Waals surface area contributed by atoms with Crippen molar-refractivity contribution in [3.63, 3.8) is 0 Å². The molecule has 0 amide bonds. The molecule has 0 saturated carbocycles. The summed E-state index contributed by atoms with van der Waals surface area (Å²) in [4.78, 5) is 2.37. The average Bonchev–Trinajstić information content (AvgIpc) is 2.30. The number of hydrogen-bond acceptors (Lipinski definition) is 2. The highest BCUT2D eigenvalue weighted by molar-refractivity contribution is 5.51. The summed E-state index contributed by atoms with van der Waals surface area (Å²) in [6.07, 6.45) is 3.77. The highest BCUT2D eigenvalue weighted by Crippen LogP contribution is 2.20. The van der Waals surface area contributed by atoms with E-state index in [4.69, 9.17) is 0 Å². The number of nitrogens with one attached hydrogen (secondary N) is 1. The van der Waals surface area contributed by atoms with Gasteiger partial charge < -0.3 is 10.2 Å². The van der Waals surface area contributed by atoms with Crippen LogP contribution in [0.15, 0.2) is 18.2 Å². The van der Waals surface area contributed by atoms with Gasteiger partial charge in [-0.05, 0) is 45.0 Å². The fraction of sp³-hybridized carbons (Fsp3) is 0.571. The molecule has 3 heteroatoms. The number of likely N-dealkylation sites (tertiary alicyclic amines) is 1. The summed E-state index contributed by atoms with van der Waals surface area (Å²) in [6.45, 7) is 3.93. The van der Waals surface area contributed by atoms with Gasteiger partial charge >= 0.3 is 0 Å². The predicted molar refractivity (Wildman–Crippen MR) is 69.9 cm³/mol. The molecule has 0 bridgehead atoms. The van der Waals surface area contributed by atoms with Gasteiger partial charge in [0.2, 0.25) is 0 Å². The van der Waals surface area contributed by atoms with Gasteiger partial charge in [-0.3, -0.25) is 0 Å². The molecule has 1 aromatic carbocycles. The molecule has 0 spiro atoms.